The second-order valence-electron chi connectivity index (χ2n) is 4.57. The highest BCUT2D eigenvalue weighted by Gasteiger charge is 2.35. The Bertz CT molecular complexity index is 372. The molecule has 1 aliphatic carbocycles. The highest BCUT2D eigenvalue weighted by molar-refractivity contribution is 9.10. The molecule has 0 aromatic heterocycles. The predicted molar refractivity (Wildman–Crippen MR) is 65.3 cm³/mol. The molecule has 0 radical (unpaired) electrons. The average molecular weight is 283 g/mol. The minimum Gasteiger partial charge on any atom is -0.371 e. The van der Waals surface area contributed by atoms with Crippen molar-refractivity contribution in [3.8, 4) is 0 Å². The van der Waals surface area contributed by atoms with Crippen molar-refractivity contribution in [1.29, 1.82) is 0 Å². The topological polar surface area (TPSA) is 21.8 Å². The highest BCUT2D eigenvalue weighted by atomic mass is 79.9. The molecule has 1 aromatic rings. The fraction of sp³-hybridized carbons (Fsp3) is 0.538. The molecular formula is C13H15BrO2. The van der Waals surface area contributed by atoms with E-state index in [-0.39, 0.29) is 6.10 Å². The van der Waals surface area contributed by atoms with E-state index in [1.165, 1.54) is 18.4 Å². The molecule has 2 atom stereocenters. The average Bonchev–Trinajstić information content (AvgIpc) is 3.15. The monoisotopic (exact) mass is 282 g/mol. The quantitative estimate of drug-likeness (QED) is 0.773. The number of hydrogen-bond donors (Lipinski definition) is 0. The maximum atomic E-state index is 6.00. The molecule has 1 aliphatic heterocycles. The Hall–Kier alpha value is -0.380. The first-order valence-corrected chi connectivity index (χ1v) is 6.61. The van der Waals surface area contributed by atoms with Gasteiger partial charge >= 0.3 is 0 Å². The maximum Gasteiger partial charge on any atom is 0.104 e. The van der Waals surface area contributed by atoms with Gasteiger partial charge in [-0.2, -0.15) is 0 Å². The van der Waals surface area contributed by atoms with Crippen LogP contribution < -0.4 is 0 Å². The molecule has 1 saturated carbocycles. The second kappa shape index (κ2) is 4.47. The van der Waals surface area contributed by atoms with Gasteiger partial charge in [-0.15, -0.1) is 0 Å². The van der Waals surface area contributed by atoms with Gasteiger partial charge in [0.05, 0.1) is 19.3 Å². The Morgan fingerprint density at radius 2 is 2.12 bits per heavy atom. The van der Waals surface area contributed by atoms with E-state index in [2.05, 4.69) is 34.1 Å². The summed E-state index contributed by atoms with van der Waals surface area (Å²) in [5.74, 6) is 0.706. The first-order valence-electron chi connectivity index (χ1n) is 5.82. The van der Waals surface area contributed by atoms with Crippen LogP contribution in [0.1, 0.15) is 24.5 Å². The van der Waals surface area contributed by atoms with Crippen molar-refractivity contribution in [2.75, 3.05) is 13.2 Å². The van der Waals surface area contributed by atoms with E-state index in [4.69, 9.17) is 9.47 Å². The van der Waals surface area contributed by atoms with E-state index in [9.17, 15) is 0 Å². The van der Waals surface area contributed by atoms with Crippen molar-refractivity contribution in [2.24, 2.45) is 5.92 Å². The van der Waals surface area contributed by atoms with Gasteiger partial charge in [0.1, 0.15) is 6.10 Å². The third kappa shape index (κ3) is 2.47. The summed E-state index contributed by atoms with van der Waals surface area (Å²) in [6, 6.07) is 8.36. The van der Waals surface area contributed by atoms with Crippen LogP contribution in [0.25, 0.3) is 0 Å². The second-order valence-corrected chi connectivity index (χ2v) is 5.42. The van der Waals surface area contributed by atoms with Gasteiger partial charge in [-0.05, 0) is 30.4 Å². The Morgan fingerprint density at radius 3 is 2.75 bits per heavy atom. The lowest BCUT2D eigenvalue weighted by Gasteiger charge is -2.18. The first-order chi connectivity index (χ1) is 7.84. The van der Waals surface area contributed by atoms with E-state index in [0.717, 1.165) is 17.7 Å². The Morgan fingerprint density at radius 1 is 1.38 bits per heavy atom. The summed E-state index contributed by atoms with van der Waals surface area (Å²) in [5, 5.41) is 0. The van der Waals surface area contributed by atoms with Gasteiger partial charge in [0, 0.05) is 4.47 Å². The third-order valence-corrected chi connectivity index (χ3v) is 3.85. The van der Waals surface area contributed by atoms with Crippen molar-refractivity contribution in [3.05, 3.63) is 34.3 Å². The van der Waals surface area contributed by atoms with Crippen molar-refractivity contribution < 1.29 is 9.47 Å². The van der Waals surface area contributed by atoms with Crippen molar-refractivity contribution in [1.82, 2.24) is 0 Å². The minimum absolute atomic E-state index is 0.250. The van der Waals surface area contributed by atoms with E-state index < -0.39 is 0 Å². The Balaban J connectivity index is 1.73. The molecule has 2 aliphatic rings. The molecule has 0 N–H and O–H groups in total. The van der Waals surface area contributed by atoms with Crippen LogP contribution in [-0.4, -0.2) is 19.3 Å². The van der Waals surface area contributed by atoms with Gasteiger partial charge in [-0.1, -0.05) is 34.1 Å². The summed E-state index contributed by atoms with van der Waals surface area (Å²) in [4.78, 5) is 0. The minimum atomic E-state index is 0.250. The summed E-state index contributed by atoms with van der Waals surface area (Å²) < 4.78 is 12.3. The molecule has 16 heavy (non-hydrogen) atoms. The molecule has 3 rings (SSSR count). The molecule has 0 amide bonds. The number of epoxide rings is 1. The van der Waals surface area contributed by atoms with Crippen LogP contribution in [0.4, 0.5) is 0 Å². The zero-order valence-corrected chi connectivity index (χ0v) is 10.7. The van der Waals surface area contributed by atoms with Gasteiger partial charge in [-0.3, -0.25) is 0 Å². The fourth-order valence-corrected chi connectivity index (χ4v) is 2.47. The largest absolute Gasteiger partial charge is 0.371 e. The number of halogens is 1. The van der Waals surface area contributed by atoms with Crippen LogP contribution >= 0.6 is 15.9 Å². The van der Waals surface area contributed by atoms with Gasteiger partial charge in [-0.25, -0.2) is 0 Å². The van der Waals surface area contributed by atoms with E-state index >= 15 is 0 Å². The highest BCUT2D eigenvalue weighted by Crippen LogP contribution is 2.45. The lowest BCUT2D eigenvalue weighted by Crippen LogP contribution is -2.11. The number of ether oxygens (including phenoxy) is 2. The van der Waals surface area contributed by atoms with Crippen LogP contribution in [0, 0.1) is 5.92 Å². The molecular weight excluding hydrogens is 268 g/mol. The van der Waals surface area contributed by atoms with Crippen LogP contribution in [0.15, 0.2) is 28.7 Å². The lowest BCUT2D eigenvalue weighted by molar-refractivity contribution is 0.0271. The molecule has 1 saturated heterocycles. The van der Waals surface area contributed by atoms with Crippen LogP contribution in [-0.2, 0) is 9.47 Å². The van der Waals surface area contributed by atoms with Crippen molar-refractivity contribution >= 4 is 15.9 Å². The first kappa shape index (κ1) is 10.8. The third-order valence-electron chi connectivity index (χ3n) is 3.13. The van der Waals surface area contributed by atoms with Crippen molar-refractivity contribution in [3.63, 3.8) is 0 Å². The number of hydrogen-bond acceptors (Lipinski definition) is 2. The van der Waals surface area contributed by atoms with Gasteiger partial charge < -0.3 is 9.47 Å². The fourth-order valence-electron chi connectivity index (χ4n) is 1.96. The van der Waals surface area contributed by atoms with Gasteiger partial charge in [0.25, 0.3) is 0 Å². The van der Waals surface area contributed by atoms with Crippen LogP contribution in [0.5, 0.6) is 0 Å². The number of benzene rings is 1. The number of rotatable bonds is 5. The maximum absolute atomic E-state index is 6.00. The molecule has 86 valence electrons. The molecule has 0 spiro atoms. The molecule has 2 fully saturated rings. The summed E-state index contributed by atoms with van der Waals surface area (Å²) in [6.07, 6.45) is 3.18. The SMILES string of the molecule is Brc1ccccc1[C@H](OC[C@H]1CO1)C1CC1. The summed E-state index contributed by atoms with van der Waals surface area (Å²) in [6.45, 7) is 1.61. The molecule has 0 bridgehead atoms. The van der Waals surface area contributed by atoms with Crippen LogP contribution in [0.3, 0.4) is 0 Å². The Kier molecular flexibility index (Phi) is 3.01. The van der Waals surface area contributed by atoms with E-state index in [1.54, 1.807) is 0 Å². The van der Waals surface area contributed by atoms with E-state index in [0.29, 0.717) is 12.0 Å². The lowest BCUT2D eigenvalue weighted by atomic mass is 10.1. The summed E-state index contributed by atoms with van der Waals surface area (Å²) in [5.41, 5.74) is 1.28. The zero-order valence-electron chi connectivity index (χ0n) is 9.06. The molecule has 1 aromatic carbocycles. The standard InChI is InChI=1S/C13H15BrO2/c14-12-4-2-1-3-11(12)13(9-5-6-9)16-8-10-7-15-10/h1-4,9-10,13H,5-8H2/t10-,13-/m1/s1. The van der Waals surface area contributed by atoms with Gasteiger partial charge in [0.15, 0.2) is 0 Å². The van der Waals surface area contributed by atoms with Gasteiger partial charge in [0.2, 0.25) is 0 Å². The zero-order chi connectivity index (χ0) is 11.0. The predicted octanol–water partition coefficient (Wildman–Crippen LogP) is 3.32. The molecule has 1 heterocycles. The summed E-state index contributed by atoms with van der Waals surface area (Å²) in [7, 11) is 0. The normalized spacial score (nSPS) is 25.4. The van der Waals surface area contributed by atoms with Crippen molar-refractivity contribution in [2.45, 2.75) is 25.0 Å². The molecule has 3 heteroatoms. The molecule has 2 nitrogen and oxygen atoms in total. The summed E-state index contributed by atoms with van der Waals surface area (Å²) >= 11 is 3.60. The molecule has 0 unspecified atom stereocenters. The van der Waals surface area contributed by atoms with Crippen LogP contribution in [0.2, 0.25) is 0 Å². The smallest absolute Gasteiger partial charge is 0.104 e. The Labute approximate surface area is 104 Å². The van der Waals surface area contributed by atoms with E-state index in [1.807, 2.05) is 6.07 Å².